The predicted molar refractivity (Wildman–Crippen MR) is 80.8 cm³/mol. The van der Waals surface area contributed by atoms with Crippen molar-refractivity contribution in [1.29, 1.82) is 0 Å². The van der Waals surface area contributed by atoms with E-state index in [0.29, 0.717) is 6.54 Å². The first-order valence-corrected chi connectivity index (χ1v) is 7.35. The number of carboxylic acids is 1. The second-order valence-electron chi connectivity index (χ2n) is 4.30. The molecule has 0 bridgehead atoms. The van der Waals surface area contributed by atoms with Gasteiger partial charge >= 0.3 is 5.97 Å². The number of hydrogen-bond donors (Lipinski definition) is 2. The van der Waals surface area contributed by atoms with Crippen molar-refractivity contribution in [3.8, 4) is 0 Å². The zero-order valence-electron chi connectivity index (χ0n) is 10.8. The highest BCUT2D eigenvalue weighted by atomic mass is 32.2. The minimum atomic E-state index is -0.906. The molecular formula is C15H15NO3S. The van der Waals surface area contributed by atoms with Crippen molar-refractivity contribution in [3.63, 3.8) is 0 Å². The fourth-order valence-electron chi connectivity index (χ4n) is 1.92. The van der Waals surface area contributed by atoms with Crippen molar-refractivity contribution in [2.24, 2.45) is 0 Å². The summed E-state index contributed by atoms with van der Waals surface area (Å²) >= 11 is 1.10. The Bertz CT molecular complexity index is 622. The molecule has 104 valence electrons. The molecule has 0 aromatic heterocycles. The van der Waals surface area contributed by atoms with Crippen molar-refractivity contribution in [3.05, 3.63) is 48.0 Å². The molecule has 4 nitrogen and oxygen atoms in total. The Labute approximate surface area is 121 Å². The van der Waals surface area contributed by atoms with E-state index in [1.54, 1.807) is 0 Å². The van der Waals surface area contributed by atoms with Gasteiger partial charge in [0.15, 0.2) is 0 Å². The van der Waals surface area contributed by atoms with Crippen molar-refractivity contribution in [2.45, 2.75) is 6.54 Å². The number of rotatable bonds is 6. The van der Waals surface area contributed by atoms with Gasteiger partial charge in [0, 0.05) is 6.54 Å². The maximum absolute atomic E-state index is 11.6. The number of fused-ring (bicyclic) bond motifs is 1. The average Bonchev–Trinajstić information content (AvgIpc) is 2.44. The number of nitrogens with one attached hydrogen (secondary N) is 1. The van der Waals surface area contributed by atoms with Crippen molar-refractivity contribution >= 4 is 34.4 Å². The van der Waals surface area contributed by atoms with Gasteiger partial charge in [-0.2, -0.15) is 0 Å². The molecule has 2 N–H and O–H groups in total. The summed E-state index contributed by atoms with van der Waals surface area (Å²) in [5, 5.41) is 13.6. The number of aliphatic carboxylic acids is 1. The van der Waals surface area contributed by atoms with E-state index in [2.05, 4.69) is 5.32 Å². The number of carbonyl (C=O) groups excluding carboxylic acids is 1. The monoisotopic (exact) mass is 289 g/mol. The Kier molecular flexibility index (Phi) is 5.01. The summed E-state index contributed by atoms with van der Waals surface area (Å²) in [6.45, 7) is 0.452. The minimum Gasteiger partial charge on any atom is -0.481 e. The highest BCUT2D eigenvalue weighted by Gasteiger charge is 2.05. The Hall–Kier alpha value is -2.01. The van der Waals surface area contributed by atoms with Gasteiger partial charge in [-0.25, -0.2) is 0 Å². The minimum absolute atomic E-state index is 0.0539. The Balaban J connectivity index is 1.92. The molecule has 0 aliphatic heterocycles. The number of thioether (sulfide) groups is 1. The lowest BCUT2D eigenvalue weighted by Crippen LogP contribution is -2.25. The zero-order chi connectivity index (χ0) is 14.4. The van der Waals surface area contributed by atoms with Crippen molar-refractivity contribution < 1.29 is 14.7 Å². The van der Waals surface area contributed by atoms with Crippen LogP contribution in [0.2, 0.25) is 0 Å². The van der Waals surface area contributed by atoms with Crippen molar-refractivity contribution in [2.75, 3.05) is 11.5 Å². The SMILES string of the molecule is O=C(O)CSCC(=O)NCc1cccc2ccccc12. The molecule has 2 rings (SSSR count). The first kappa shape index (κ1) is 14.4. The van der Waals surface area contributed by atoms with E-state index >= 15 is 0 Å². The van der Waals surface area contributed by atoms with Crippen LogP contribution in [0.15, 0.2) is 42.5 Å². The highest BCUT2D eigenvalue weighted by Crippen LogP contribution is 2.18. The molecule has 0 aliphatic carbocycles. The summed E-state index contributed by atoms with van der Waals surface area (Å²) in [6, 6.07) is 14.0. The van der Waals surface area contributed by atoms with Gasteiger partial charge in [-0.3, -0.25) is 9.59 Å². The molecule has 0 unspecified atom stereocenters. The summed E-state index contributed by atoms with van der Waals surface area (Å²) in [7, 11) is 0. The van der Waals surface area contributed by atoms with Gasteiger partial charge in [0.25, 0.3) is 0 Å². The summed E-state index contributed by atoms with van der Waals surface area (Å²) in [5.74, 6) is -0.945. The number of carbonyl (C=O) groups is 2. The van der Waals surface area contributed by atoms with Gasteiger partial charge in [-0.05, 0) is 16.3 Å². The van der Waals surface area contributed by atoms with Crippen LogP contribution in [0.4, 0.5) is 0 Å². The summed E-state index contributed by atoms with van der Waals surface area (Å²) in [4.78, 5) is 22.0. The summed E-state index contributed by atoms with van der Waals surface area (Å²) < 4.78 is 0. The standard InChI is InChI=1S/C15H15NO3S/c17-14(9-20-10-15(18)19)16-8-12-6-3-5-11-4-1-2-7-13(11)12/h1-7H,8-10H2,(H,16,17)(H,18,19). The molecule has 0 spiro atoms. The van der Waals surface area contributed by atoms with E-state index in [1.165, 1.54) is 0 Å². The number of benzene rings is 2. The number of carboxylic acid groups (broad SMARTS) is 1. The van der Waals surface area contributed by atoms with Crippen LogP contribution < -0.4 is 5.32 Å². The van der Waals surface area contributed by atoms with E-state index < -0.39 is 5.97 Å². The third kappa shape index (κ3) is 3.99. The lowest BCUT2D eigenvalue weighted by atomic mass is 10.0. The van der Waals surface area contributed by atoms with Crippen molar-refractivity contribution in [1.82, 2.24) is 5.32 Å². The molecule has 0 fully saturated rings. The van der Waals surface area contributed by atoms with Crippen LogP contribution in [0.3, 0.4) is 0 Å². The van der Waals surface area contributed by atoms with E-state index in [4.69, 9.17) is 5.11 Å². The largest absolute Gasteiger partial charge is 0.481 e. The Morgan fingerprint density at radius 2 is 1.80 bits per heavy atom. The molecule has 0 saturated heterocycles. The number of amides is 1. The van der Waals surface area contributed by atoms with Gasteiger partial charge in [0.2, 0.25) is 5.91 Å². The third-order valence-corrected chi connectivity index (χ3v) is 3.73. The molecule has 5 heteroatoms. The summed E-state index contributed by atoms with van der Waals surface area (Å²) in [5.41, 5.74) is 1.06. The van der Waals surface area contributed by atoms with Crippen LogP contribution in [0, 0.1) is 0 Å². The predicted octanol–water partition coefficient (Wildman–Crippen LogP) is 2.27. The lowest BCUT2D eigenvalue weighted by molar-refractivity contribution is -0.133. The molecule has 2 aromatic carbocycles. The molecular weight excluding hydrogens is 274 g/mol. The van der Waals surface area contributed by atoms with Crippen LogP contribution in [-0.4, -0.2) is 28.5 Å². The van der Waals surface area contributed by atoms with Crippen LogP contribution in [0.25, 0.3) is 10.8 Å². The van der Waals surface area contributed by atoms with E-state index in [9.17, 15) is 9.59 Å². The highest BCUT2D eigenvalue weighted by molar-refractivity contribution is 8.00. The summed E-state index contributed by atoms with van der Waals surface area (Å²) in [6.07, 6.45) is 0. The second kappa shape index (κ2) is 6.96. The Morgan fingerprint density at radius 1 is 1.05 bits per heavy atom. The van der Waals surface area contributed by atoms with E-state index in [-0.39, 0.29) is 17.4 Å². The molecule has 2 aromatic rings. The van der Waals surface area contributed by atoms with Gasteiger partial charge in [-0.1, -0.05) is 42.5 Å². The van der Waals surface area contributed by atoms with Gasteiger partial charge in [0.05, 0.1) is 11.5 Å². The normalized spacial score (nSPS) is 10.4. The van der Waals surface area contributed by atoms with Gasteiger partial charge in [0.1, 0.15) is 0 Å². The molecule has 0 radical (unpaired) electrons. The Morgan fingerprint density at radius 3 is 2.60 bits per heavy atom. The molecule has 0 atom stereocenters. The smallest absolute Gasteiger partial charge is 0.313 e. The molecule has 0 saturated carbocycles. The molecule has 0 heterocycles. The van der Waals surface area contributed by atoms with E-state index in [0.717, 1.165) is 28.1 Å². The van der Waals surface area contributed by atoms with Gasteiger partial charge < -0.3 is 10.4 Å². The average molecular weight is 289 g/mol. The third-order valence-electron chi connectivity index (χ3n) is 2.81. The maximum Gasteiger partial charge on any atom is 0.313 e. The molecule has 0 aliphatic rings. The van der Waals surface area contributed by atoms with Crippen LogP contribution in [0.5, 0.6) is 0 Å². The van der Waals surface area contributed by atoms with Crippen LogP contribution in [0.1, 0.15) is 5.56 Å². The zero-order valence-corrected chi connectivity index (χ0v) is 11.7. The van der Waals surface area contributed by atoms with Crippen LogP contribution >= 0.6 is 11.8 Å². The lowest BCUT2D eigenvalue weighted by Gasteiger charge is -2.08. The van der Waals surface area contributed by atoms with E-state index in [1.807, 2.05) is 42.5 Å². The topological polar surface area (TPSA) is 66.4 Å². The maximum atomic E-state index is 11.6. The first-order chi connectivity index (χ1) is 9.66. The molecule has 20 heavy (non-hydrogen) atoms. The number of hydrogen-bond acceptors (Lipinski definition) is 3. The molecule has 1 amide bonds. The first-order valence-electron chi connectivity index (χ1n) is 6.19. The quantitative estimate of drug-likeness (QED) is 0.856. The second-order valence-corrected chi connectivity index (χ2v) is 5.29. The fourth-order valence-corrected chi connectivity index (χ4v) is 2.49. The fraction of sp³-hybridized carbons (Fsp3) is 0.200. The van der Waals surface area contributed by atoms with Gasteiger partial charge in [-0.15, -0.1) is 11.8 Å². The van der Waals surface area contributed by atoms with Crippen LogP contribution in [-0.2, 0) is 16.1 Å².